The van der Waals surface area contributed by atoms with Crippen LogP contribution in [-0.2, 0) is 9.59 Å². The fraction of sp³-hybridized carbons (Fsp3) is 0.846. The highest BCUT2D eigenvalue weighted by molar-refractivity contribution is 7.99. The number of rotatable bonds is 7. The summed E-state index contributed by atoms with van der Waals surface area (Å²) in [6.07, 6.45) is 5.10. The van der Waals surface area contributed by atoms with Crippen molar-refractivity contribution in [2.75, 3.05) is 11.5 Å². The fourth-order valence-corrected chi connectivity index (χ4v) is 3.11. The summed E-state index contributed by atoms with van der Waals surface area (Å²) in [7, 11) is 0. The van der Waals surface area contributed by atoms with Gasteiger partial charge in [0.05, 0.1) is 5.75 Å². The van der Waals surface area contributed by atoms with Crippen molar-refractivity contribution in [2.45, 2.75) is 51.1 Å². The SMILES string of the molecule is CC1CCCCC1NC(=O)CSCCC(N)C(=O)O. The number of amides is 1. The average molecular weight is 288 g/mol. The molecule has 0 bridgehead atoms. The molecule has 1 fully saturated rings. The lowest BCUT2D eigenvalue weighted by atomic mass is 9.86. The van der Waals surface area contributed by atoms with Gasteiger partial charge in [-0.3, -0.25) is 9.59 Å². The molecule has 0 spiro atoms. The third-order valence-corrected chi connectivity index (χ3v) is 4.57. The molecule has 3 atom stereocenters. The molecule has 6 heteroatoms. The van der Waals surface area contributed by atoms with Crippen LogP contribution in [0.3, 0.4) is 0 Å². The predicted molar refractivity (Wildman–Crippen MR) is 77.1 cm³/mol. The highest BCUT2D eigenvalue weighted by Crippen LogP contribution is 2.23. The van der Waals surface area contributed by atoms with E-state index in [1.807, 2.05) is 0 Å². The van der Waals surface area contributed by atoms with Crippen molar-refractivity contribution in [1.29, 1.82) is 0 Å². The zero-order chi connectivity index (χ0) is 14.3. The summed E-state index contributed by atoms with van der Waals surface area (Å²) in [6, 6.07) is -0.517. The van der Waals surface area contributed by atoms with Crippen LogP contribution >= 0.6 is 11.8 Å². The Hall–Kier alpha value is -0.750. The predicted octanol–water partition coefficient (Wildman–Crippen LogP) is 1.22. The maximum atomic E-state index is 11.8. The largest absolute Gasteiger partial charge is 0.480 e. The first-order valence-electron chi connectivity index (χ1n) is 6.86. The number of carboxylic acids is 1. The quantitative estimate of drug-likeness (QED) is 0.613. The molecule has 0 heterocycles. The smallest absolute Gasteiger partial charge is 0.320 e. The molecule has 4 N–H and O–H groups in total. The fourth-order valence-electron chi connectivity index (χ4n) is 2.28. The van der Waals surface area contributed by atoms with E-state index in [0.717, 1.165) is 6.42 Å². The van der Waals surface area contributed by atoms with Gasteiger partial charge in [-0.1, -0.05) is 19.8 Å². The number of aliphatic carboxylic acids is 1. The number of hydrogen-bond donors (Lipinski definition) is 3. The van der Waals surface area contributed by atoms with E-state index in [1.54, 1.807) is 0 Å². The van der Waals surface area contributed by atoms with Gasteiger partial charge in [-0.25, -0.2) is 0 Å². The van der Waals surface area contributed by atoms with Crippen molar-refractivity contribution in [3.05, 3.63) is 0 Å². The van der Waals surface area contributed by atoms with Crippen molar-refractivity contribution in [3.8, 4) is 0 Å². The Labute approximate surface area is 118 Å². The molecule has 0 aromatic rings. The Morgan fingerprint density at radius 1 is 1.42 bits per heavy atom. The number of nitrogens with one attached hydrogen (secondary N) is 1. The van der Waals surface area contributed by atoms with E-state index in [2.05, 4.69) is 12.2 Å². The maximum Gasteiger partial charge on any atom is 0.320 e. The number of carboxylic acid groups (broad SMARTS) is 1. The molecule has 5 nitrogen and oxygen atoms in total. The van der Waals surface area contributed by atoms with E-state index in [9.17, 15) is 9.59 Å². The molecule has 1 amide bonds. The van der Waals surface area contributed by atoms with Gasteiger partial charge in [0, 0.05) is 6.04 Å². The van der Waals surface area contributed by atoms with Crippen molar-refractivity contribution in [3.63, 3.8) is 0 Å². The van der Waals surface area contributed by atoms with Crippen LogP contribution in [0.25, 0.3) is 0 Å². The lowest BCUT2D eigenvalue weighted by Crippen LogP contribution is -2.42. The first-order valence-corrected chi connectivity index (χ1v) is 8.01. The first-order chi connectivity index (χ1) is 9.00. The molecule has 3 unspecified atom stereocenters. The molecule has 0 aromatic heterocycles. The monoisotopic (exact) mass is 288 g/mol. The van der Waals surface area contributed by atoms with E-state index in [0.29, 0.717) is 29.9 Å². The van der Waals surface area contributed by atoms with E-state index >= 15 is 0 Å². The number of nitrogens with two attached hydrogens (primary N) is 1. The summed E-state index contributed by atoms with van der Waals surface area (Å²) in [5.74, 6) is 0.605. The lowest BCUT2D eigenvalue weighted by molar-refractivity contribution is -0.138. The number of carbonyl (C=O) groups is 2. The molecule has 1 aliphatic rings. The van der Waals surface area contributed by atoms with Crippen LogP contribution < -0.4 is 11.1 Å². The van der Waals surface area contributed by atoms with Crippen molar-refractivity contribution in [1.82, 2.24) is 5.32 Å². The maximum absolute atomic E-state index is 11.8. The molecule has 19 heavy (non-hydrogen) atoms. The van der Waals surface area contributed by atoms with Crippen LogP contribution in [0, 0.1) is 5.92 Å². The summed E-state index contributed by atoms with van der Waals surface area (Å²) in [5, 5.41) is 11.7. The molecular weight excluding hydrogens is 264 g/mol. The van der Waals surface area contributed by atoms with Crippen molar-refractivity contribution in [2.24, 2.45) is 11.7 Å². The molecule has 0 aromatic carbocycles. The van der Waals surface area contributed by atoms with Gasteiger partial charge < -0.3 is 16.2 Å². The highest BCUT2D eigenvalue weighted by atomic mass is 32.2. The number of thioether (sulfide) groups is 1. The molecule has 0 aliphatic heterocycles. The zero-order valence-corrected chi connectivity index (χ0v) is 12.2. The van der Waals surface area contributed by atoms with Crippen LogP contribution in [0.4, 0.5) is 0 Å². The Morgan fingerprint density at radius 3 is 2.74 bits per heavy atom. The van der Waals surface area contributed by atoms with E-state index < -0.39 is 12.0 Å². The highest BCUT2D eigenvalue weighted by Gasteiger charge is 2.22. The molecule has 1 aliphatic carbocycles. The average Bonchev–Trinajstić information content (AvgIpc) is 2.37. The van der Waals surface area contributed by atoms with E-state index in [4.69, 9.17) is 10.8 Å². The van der Waals surface area contributed by atoms with Gasteiger partial charge in [-0.2, -0.15) is 11.8 Å². The normalized spacial score (nSPS) is 24.7. The Bertz CT molecular complexity index is 312. The van der Waals surface area contributed by atoms with Crippen LogP contribution in [-0.4, -0.2) is 40.6 Å². The summed E-state index contributed by atoms with van der Waals surface area (Å²) in [4.78, 5) is 22.3. The third-order valence-electron chi connectivity index (χ3n) is 3.58. The molecule has 1 rings (SSSR count). The molecule has 1 saturated carbocycles. The van der Waals surface area contributed by atoms with Gasteiger partial charge >= 0.3 is 5.97 Å². The van der Waals surface area contributed by atoms with Crippen LogP contribution in [0.15, 0.2) is 0 Å². The minimum absolute atomic E-state index is 0.0487. The van der Waals surface area contributed by atoms with Gasteiger partial charge in [0.2, 0.25) is 5.91 Å². The first kappa shape index (κ1) is 16.3. The summed E-state index contributed by atoms with van der Waals surface area (Å²) in [6.45, 7) is 2.18. The second-order valence-corrected chi connectivity index (χ2v) is 6.33. The van der Waals surface area contributed by atoms with Gasteiger partial charge in [0.25, 0.3) is 0 Å². The second kappa shape index (κ2) is 8.43. The number of carbonyl (C=O) groups excluding carboxylic acids is 1. The van der Waals surface area contributed by atoms with E-state index in [1.165, 1.54) is 31.0 Å². The van der Waals surface area contributed by atoms with Gasteiger partial charge in [-0.05, 0) is 30.9 Å². The minimum atomic E-state index is -0.985. The van der Waals surface area contributed by atoms with Crippen LogP contribution in [0.2, 0.25) is 0 Å². The van der Waals surface area contributed by atoms with Gasteiger partial charge in [0.15, 0.2) is 0 Å². The summed E-state index contributed by atoms with van der Waals surface area (Å²) < 4.78 is 0. The summed E-state index contributed by atoms with van der Waals surface area (Å²) in [5.41, 5.74) is 5.39. The van der Waals surface area contributed by atoms with E-state index in [-0.39, 0.29) is 5.91 Å². The molecular formula is C13H24N2O3S. The van der Waals surface area contributed by atoms with Crippen LogP contribution in [0.5, 0.6) is 0 Å². The van der Waals surface area contributed by atoms with Gasteiger partial charge in [0.1, 0.15) is 6.04 Å². The minimum Gasteiger partial charge on any atom is -0.480 e. The molecule has 110 valence electrons. The topological polar surface area (TPSA) is 92.4 Å². The van der Waals surface area contributed by atoms with Crippen LogP contribution in [0.1, 0.15) is 39.0 Å². The van der Waals surface area contributed by atoms with Crippen molar-refractivity contribution >= 4 is 23.6 Å². The Kier molecular flexibility index (Phi) is 7.23. The summed E-state index contributed by atoms with van der Waals surface area (Å²) >= 11 is 1.44. The second-order valence-electron chi connectivity index (χ2n) is 5.22. The zero-order valence-electron chi connectivity index (χ0n) is 11.4. The standard InChI is InChI=1S/C13H24N2O3S/c1-9-4-2-3-5-11(9)15-12(16)8-19-7-6-10(14)13(17)18/h9-11H,2-8,14H2,1H3,(H,15,16)(H,17,18). The van der Waals surface area contributed by atoms with Gasteiger partial charge in [-0.15, -0.1) is 0 Å². The molecule has 0 radical (unpaired) electrons. The third kappa shape index (κ3) is 6.29. The molecule has 0 saturated heterocycles. The number of hydrogen-bond acceptors (Lipinski definition) is 4. The lowest BCUT2D eigenvalue weighted by Gasteiger charge is -2.29. The Balaban J connectivity index is 2.12. The Morgan fingerprint density at radius 2 is 2.11 bits per heavy atom. The van der Waals surface area contributed by atoms with Crippen molar-refractivity contribution < 1.29 is 14.7 Å².